The van der Waals surface area contributed by atoms with Gasteiger partial charge in [0.1, 0.15) is 5.75 Å². The van der Waals surface area contributed by atoms with Gasteiger partial charge in [0, 0.05) is 0 Å². The number of benzene rings is 1. The summed E-state index contributed by atoms with van der Waals surface area (Å²) in [5.41, 5.74) is 0.607. The topological polar surface area (TPSA) is 35.5 Å². The maximum Gasteiger partial charge on any atom is 0.338 e. The van der Waals surface area contributed by atoms with Gasteiger partial charge < -0.3 is 9.47 Å². The molecule has 0 saturated heterocycles. The number of carbonyl (C=O) groups is 1. The summed E-state index contributed by atoms with van der Waals surface area (Å²) in [4.78, 5) is 12.4. The molecule has 2 rings (SSSR count). The third kappa shape index (κ3) is 13.7. The smallest absolute Gasteiger partial charge is 0.338 e. The molecule has 3 heteroatoms. The zero-order valence-electron chi connectivity index (χ0n) is 23.9. The molecule has 1 aromatic rings. The summed E-state index contributed by atoms with van der Waals surface area (Å²) in [5.74, 6) is 2.49. The first-order valence-electron chi connectivity index (χ1n) is 15.6. The van der Waals surface area contributed by atoms with Crippen molar-refractivity contribution in [2.75, 3.05) is 6.61 Å². The van der Waals surface area contributed by atoms with Crippen LogP contribution in [-0.2, 0) is 4.74 Å². The Morgan fingerprint density at radius 1 is 0.750 bits per heavy atom. The molecule has 206 valence electrons. The lowest BCUT2D eigenvalue weighted by Gasteiger charge is -2.28. The molecule has 0 heterocycles. The van der Waals surface area contributed by atoms with Crippen molar-refractivity contribution in [1.82, 2.24) is 0 Å². The molecular formula is C33H56O3. The van der Waals surface area contributed by atoms with E-state index in [4.69, 9.17) is 9.47 Å². The average molecular weight is 501 g/mol. The third-order valence-corrected chi connectivity index (χ3v) is 8.07. The van der Waals surface area contributed by atoms with Gasteiger partial charge in [-0.05, 0) is 68.7 Å². The van der Waals surface area contributed by atoms with E-state index in [1.807, 2.05) is 31.2 Å². The Labute approximate surface area is 223 Å². The zero-order chi connectivity index (χ0) is 25.8. The maximum absolute atomic E-state index is 12.4. The fourth-order valence-corrected chi connectivity index (χ4v) is 5.62. The number of rotatable bonds is 20. The van der Waals surface area contributed by atoms with E-state index in [0.717, 1.165) is 43.5 Å². The molecule has 1 fully saturated rings. The van der Waals surface area contributed by atoms with Gasteiger partial charge in [-0.15, -0.1) is 0 Å². The van der Waals surface area contributed by atoms with Crippen LogP contribution in [0.2, 0.25) is 0 Å². The van der Waals surface area contributed by atoms with Gasteiger partial charge in [-0.3, -0.25) is 0 Å². The Balaban J connectivity index is 1.51. The van der Waals surface area contributed by atoms with Gasteiger partial charge in [0.2, 0.25) is 0 Å². The number of unbranched alkanes of at least 4 members (excludes halogenated alkanes) is 9. The van der Waals surface area contributed by atoms with E-state index in [-0.39, 0.29) is 12.1 Å². The van der Waals surface area contributed by atoms with Crippen molar-refractivity contribution in [3.05, 3.63) is 29.8 Å². The Morgan fingerprint density at radius 2 is 1.28 bits per heavy atom. The maximum atomic E-state index is 12.4. The number of hydrogen-bond acceptors (Lipinski definition) is 3. The zero-order valence-corrected chi connectivity index (χ0v) is 23.9. The van der Waals surface area contributed by atoms with E-state index >= 15 is 0 Å². The van der Waals surface area contributed by atoms with E-state index in [0.29, 0.717) is 5.56 Å². The summed E-state index contributed by atoms with van der Waals surface area (Å²) < 4.78 is 11.6. The summed E-state index contributed by atoms with van der Waals surface area (Å²) in [5, 5.41) is 0. The molecule has 0 unspecified atom stereocenters. The fourth-order valence-electron chi connectivity index (χ4n) is 5.62. The molecule has 36 heavy (non-hydrogen) atoms. The number of hydrogen-bond donors (Lipinski definition) is 0. The van der Waals surface area contributed by atoms with Crippen LogP contribution < -0.4 is 4.74 Å². The van der Waals surface area contributed by atoms with Crippen LogP contribution in [0.1, 0.15) is 153 Å². The summed E-state index contributed by atoms with van der Waals surface area (Å²) in [7, 11) is 0. The Hall–Kier alpha value is -1.51. The molecule has 0 N–H and O–H groups in total. The van der Waals surface area contributed by atoms with E-state index in [1.54, 1.807) is 0 Å². The van der Waals surface area contributed by atoms with E-state index in [2.05, 4.69) is 13.8 Å². The summed E-state index contributed by atoms with van der Waals surface area (Å²) >= 11 is 0. The predicted molar refractivity (Wildman–Crippen MR) is 153 cm³/mol. The van der Waals surface area contributed by atoms with Crippen molar-refractivity contribution in [3.8, 4) is 5.75 Å². The lowest BCUT2D eigenvalue weighted by Crippen LogP contribution is -2.15. The Bertz CT molecular complexity index is 660. The van der Waals surface area contributed by atoms with Crippen LogP contribution >= 0.6 is 0 Å². The van der Waals surface area contributed by atoms with Crippen molar-refractivity contribution in [2.45, 2.75) is 149 Å². The van der Waals surface area contributed by atoms with Crippen LogP contribution in [0.15, 0.2) is 24.3 Å². The van der Waals surface area contributed by atoms with Gasteiger partial charge in [0.15, 0.2) is 0 Å². The van der Waals surface area contributed by atoms with Crippen molar-refractivity contribution < 1.29 is 14.3 Å². The monoisotopic (exact) mass is 500 g/mol. The van der Waals surface area contributed by atoms with Gasteiger partial charge in [0.25, 0.3) is 0 Å². The van der Waals surface area contributed by atoms with Crippen molar-refractivity contribution >= 4 is 5.97 Å². The third-order valence-electron chi connectivity index (χ3n) is 8.07. The van der Waals surface area contributed by atoms with Crippen molar-refractivity contribution in [1.29, 1.82) is 0 Å². The minimum atomic E-state index is -0.230. The highest BCUT2D eigenvalue weighted by atomic mass is 16.5. The first kappa shape index (κ1) is 30.7. The molecule has 1 aliphatic rings. The van der Waals surface area contributed by atoms with Gasteiger partial charge in [-0.2, -0.15) is 0 Å². The lowest BCUT2D eigenvalue weighted by atomic mass is 9.78. The van der Waals surface area contributed by atoms with Gasteiger partial charge in [-0.25, -0.2) is 4.79 Å². The molecule has 0 aromatic heterocycles. The second kappa shape index (κ2) is 19.6. The lowest BCUT2D eigenvalue weighted by molar-refractivity contribution is 0.0319. The summed E-state index contributed by atoms with van der Waals surface area (Å²) in [6.45, 7) is 7.25. The normalized spacial score (nSPS) is 18.6. The first-order valence-corrected chi connectivity index (χ1v) is 15.6. The Kier molecular flexibility index (Phi) is 16.7. The minimum absolute atomic E-state index is 0.0272. The van der Waals surface area contributed by atoms with Crippen LogP contribution in [0, 0.1) is 11.8 Å². The molecule has 0 aliphatic heterocycles. The van der Waals surface area contributed by atoms with E-state index in [1.165, 1.54) is 103 Å². The highest BCUT2D eigenvalue weighted by Gasteiger charge is 2.20. The highest BCUT2D eigenvalue weighted by molar-refractivity contribution is 5.89. The number of ether oxygens (including phenoxy) is 2. The van der Waals surface area contributed by atoms with Crippen LogP contribution in [0.25, 0.3) is 0 Å². The fraction of sp³-hybridized carbons (Fsp3) is 0.788. The van der Waals surface area contributed by atoms with E-state index < -0.39 is 0 Å². The second-order valence-electron chi connectivity index (χ2n) is 11.4. The summed E-state index contributed by atoms with van der Waals surface area (Å²) in [6, 6.07) is 7.46. The quantitative estimate of drug-likeness (QED) is 0.132. The molecule has 0 spiro atoms. The second-order valence-corrected chi connectivity index (χ2v) is 11.4. The van der Waals surface area contributed by atoms with E-state index in [9.17, 15) is 4.79 Å². The van der Waals surface area contributed by atoms with Gasteiger partial charge >= 0.3 is 5.97 Å². The molecule has 0 radical (unpaired) electrons. The van der Waals surface area contributed by atoms with Crippen LogP contribution in [0.3, 0.4) is 0 Å². The largest absolute Gasteiger partial charge is 0.494 e. The standard InChI is InChI=1S/C33H56O3/c1-4-6-8-10-11-12-14-17-29-19-21-30(22-20-29)18-15-27-35-32-25-23-31(24-26-32)33(34)36-28(3)16-13-9-7-5-2/h23-26,28-30H,4-22,27H2,1-3H3/t28-,29?,30?/m0/s1. The van der Waals surface area contributed by atoms with Gasteiger partial charge in [-0.1, -0.05) is 110 Å². The van der Waals surface area contributed by atoms with Crippen molar-refractivity contribution in [2.24, 2.45) is 11.8 Å². The molecule has 0 amide bonds. The first-order chi connectivity index (χ1) is 17.6. The SMILES string of the molecule is CCCCCCCCCC1CCC(CCCOc2ccc(C(=O)O[C@@H](C)CCCCCC)cc2)CC1. The average Bonchev–Trinajstić information content (AvgIpc) is 2.89. The van der Waals surface area contributed by atoms with Crippen LogP contribution in [0.5, 0.6) is 5.75 Å². The summed E-state index contributed by atoms with van der Waals surface area (Å²) in [6.07, 6.45) is 25.3. The van der Waals surface area contributed by atoms with Crippen LogP contribution in [0.4, 0.5) is 0 Å². The molecule has 0 bridgehead atoms. The molecule has 1 aromatic carbocycles. The number of carbonyl (C=O) groups excluding carboxylic acids is 1. The van der Waals surface area contributed by atoms with Gasteiger partial charge in [0.05, 0.1) is 18.3 Å². The van der Waals surface area contributed by atoms with Crippen LogP contribution in [-0.4, -0.2) is 18.7 Å². The molecule has 1 saturated carbocycles. The number of esters is 1. The highest BCUT2D eigenvalue weighted by Crippen LogP contribution is 2.34. The predicted octanol–water partition coefficient (Wildman–Crippen LogP) is 10.3. The van der Waals surface area contributed by atoms with Crippen molar-refractivity contribution in [3.63, 3.8) is 0 Å². The molecule has 1 aliphatic carbocycles. The molecular weight excluding hydrogens is 444 g/mol. The minimum Gasteiger partial charge on any atom is -0.494 e. The molecule has 3 nitrogen and oxygen atoms in total. The Morgan fingerprint density at radius 3 is 1.89 bits per heavy atom. The molecule has 1 atom stereocenters.